The standard InChI is InChI=1S/C19H20ClNO5/c1-4-11-16(19(24)25)14(10-15(22)26-5-2)21(3)17(11)18(23)12-8-6-7-9-13(12)20/h6-9H,4-5,10H2,1-3H3,(H,24,25). The van der Waals surface area contributed by atoms with E-state index >= 15 is 0 Å². The van der Waals surface area contributed by atoms with Crippen LogP contribution < -0.4 is 0 Å². The van der Waals surface area contributed by atoms with Crippen molar-refractivity contribution < 1.29 is 24.2 Å². The Balaban J connectivity index is 2.66. The third-order valence-corrected chi connectivity index (χ3v) is 4.46. The smallest absolute Gasteiger partial charge is 0.337 e. The van der Waals surface area contributed by atoms with Crippen LogP contribution in [-0.4, -0.2) is 34.0 Å². The molecule has 0 unspecified atom stereocenters. The van der Waals surface area contributed by atoms with Crippen molar-refractivity contribution in [3.05, 3.63) is 57.4 Å². The van der Waals surface area contributed by atoms with Gasteiger partial charge in [0.05, 0.1) is 29.3 Å². The number of carbonyl (C=O) groups is 3. The van der Waals surface area contributed by atoms with Crippen LogP contribution in [0.3, 0.4) is 0 Å². The maximum atomic E-state index is 13.1. The molecule has 0 aliphatic rings. The first-order valence-electron chi connectivity index (χ1n) is 8.21. The number of esters is 1. The fourth-order valence-corrected chi connectivity index (χ4v) is 3.23. The molecule has 1 heterocycles. The second-order valence-corrected chi connectivity index (χ2v) is 6.06. The number of rotatable bonds is 7. The van der Waals surface area contributed by atoms with Crippen molar-refractivity contribution >= 4 is 29.3 Å². The molecular weight excluding hydrogens is 358 g/mol. The second kappa shape index (κ2) is 8.19. The molecule has 0 spiro atoms. The third-order valence-electron chi connectivity index (χ3n) is 4.13. The van der Waals surface area contributed by atoms with E-state index in [0.717, 1.165) is 0 Å². The third kappa shape index (κ3) is 3.65. The fourth-order valence-electron chi connectivity index (χ4n) is 3.01. The quantitative estimate of drug-likeness (QED) is 0.591. The number of aromatic nitrogens is 1. The van der Waals surface area contributed by atoms with E-state index in [1.165, 1.54) is 4.57 Å². The normalized spacial score (nSPS) is 10.6. The molecule has 6 nitrogen and oxygen atoms in total. The Kier molecular flexibility index (Phi) is 6.21. The van der Waals surface area contributed by atoms with Gasteiger partial charge in [0, 0.05) is 18.3 Å². The Morgan fingerprint density at radius 3 is 2.38 bits per heavy atom. The van der Waals surface area contributed by atoms with Crippen LogP contribution in [0.25, 0.3) is 0 Å². The summed E-state index contributed by atoms with van der Waals surface area (Å²) in [5.41, 5.74) is 1.09. The summed E-state index contributed by atoms with van der Waals surface area (Å²) in [4.78, 5) is 36.8. The van der Waals surface area contributed by atoms with E-state index in [1.54, 1.807) is 45.2 Å². The van der Waals surface area contributed by atoms with Crippen LogP contribution in [0.1, 0.15) is 51.5 Å². The monoisotopic (exact) mass is 377 g/mol. The summed E-state index contributed by atoms with van der Waals surface area (Å²) < 4.78 is 6.39. The van der Waals surface area contributed by atoms with Crippen molar-refractivity contribution in [3.8, 4) is 0 Å². The molecule has 0 atom stereocenters. The minimum atomic E-state index is -1.19. The molecule has 2 rings (SSSR count). The average molecular weight is 378 g/mol. The van der Waals surface area contributed by atoms with Crippen molar-refractivity contribution in [2.24, 2.45) is 7.05 Å². The van der Waals surface area contributed by atoms with Gasteiger partial charge in [0.1, 0.15) is 0 Å². The Bertz CT molecular complexity index is 869. The van der Waals surface area contributed by atoms with Crippen LogP contribution in [0.2, 0.25) is 5.02 Å². The molecule has 2 aromatic rings. The minimum absolute atomic E-state index is 0.0292. The zero-order valence-electron chi connectivity index (χ0n) is 14.8. The number of hydrogen-bond acceptors (Lipinski definition) is 4. The molecule has 0 saturated carbocycles. The number of carboxylic acids is 1. The lowest BCUT2D eigenvalue weighted by Crippen LogP contribution is -2.15. The van der Waals surface area contributed by atoms with Crippen LogP contribution in [0.5, 0.6) is 0 Å². The molecule has 138 valence electrons. The van der Waals surface area contributed by atoms with Gasteiger partial charge in [-0.1, -0.05) is 30.7 Å². The highest BCUT2D eigenvalue weighted by atomic mass is 35.5. The van der Waals surface area contributed by atoms with Crippen molar-refractivity contribution in [2.75, 3.05) is 6.61 Å². The number of ether oxygens (including phenoxy) is 1. The Morgan fingerprint density at radius 1 is 1.19 bits per heavy atom. The van der Waals surface area contributed by atoms with E-state index in [4.69, 9.17) is 16.3 Å². The van der Waals surface area contributed by atoms with Crippen LogP contribution in [-0.2, 0) is 29.4 Å². The van der Waals surface area contributed by atoms with E-state index in [-0.39, 0.29) is 46.3 Å². The van der Waals surface area contributed by atoms with Gasteiger partial charge in [-0.05, 0) is 31.0 Å². The number of carbonyl (C=O) groups excluding carboxylic acids is 2. The Hall–Kier alpha value is -2.60. The zero-order chi connectivity index (χ0) is 19.4. The van der Waals surface area contributed by atoms with Gasteiger partial charge in [-0.3, -0.25) is 9.59 Å². The maximum absolute atomic E-state index is 13.1. The van der Waals surface area contributed by atoms with Gasteiger partial charge >= 0.3 is 11.9 Å². The summed E-state index contributed by atoms with van der Waals surface area (Å²) in [6.45, 7) is 3.63. The molecule has 0 fully saturated rings. The van der Waals surface area contributed by atoms with Gasteiger partial charge in [0.25, 0.3) is 0 Å². The summed E-state index contributed by atoms with van der Waals surface area (Å²) in [5, 5.41) is 9.94. The van der Waals surface area contributed by atoms with Gasteiger partial charge in [-0.15, -0.1) is 0 Å². The molecule has 26 heavy (non-hydrogen) atoms. The average Bonchev–Trinajstić information content (AvgIpc) is 2.87. The largest absolute Gasteiger partial charge is 0.478 e. The van der Waals surface area contributed by atoms with E-state index in [9.17, 15) is 19.5 Å². The SMILES string of the molecule is CCOC(=O)Cc1c(C(=O)O)c(CC)c(C(=O)c2ccccc2Cl)n1C. The Labute approximate surface area is 156 Å². The molecule has 7 heteroatoms. The molecule has 1 N–H and O–H groups in total. The zero-order valence-corrected chi connectivity index (χ0v) is 15.6. The topological polar surface area (TPSA) is 85.6 Å². The summed E-state index contributed by atoms with van der Waals surface area (Å²) in [5.74, 6) is -2.11. The van der Waals surface area contributed by atoms with E-state index < -0.39 is 11.9 Å². The molecule has 0 radical (unpaired) electrons. The molecule has 0 aliphatic heterocycles. The molecule has 0 aliphatic carbocycles. The first-order valence-corrected chi connectivity index (χ1v) is 8.59. The number of ketones is 1. The highest BCUT2D eigenvalue weighted by molar-refractivity contribution is 6.35. The first-order chi connectivity index (χ1) is 12.3. The van der Waals surface area contributed by atoms with Crippen molar-refractivity contribution in [2.45, 2.75) is 26.7 Å². The highest BCUT2D eigenvalue weighted by Crippen LogP contribution is 2.28. The van der Waals surface area contributed by atoms with E-state index in [2.05, 4.69) is 0 Å². The lowest BCUT2D eigenvalue weighted by atomic mass is 10.00. The number of aromatic carboxylic acids is 1. The summed E-state index contributed by atoms with van der Waals surface area (Å²) in [6.07, 6.45) is 0.0958. The van der Waals surface area contributed by atoms with Crippen LogP contribution in [0, 0.1) is 0 Å². The molecular formula is C19H20ClNO5. The molecule has 1 aromatic carbocycles. The maximum Gasteiger partial charge on any atom is 0.337 e. The first kappa shape index (κ1) is 19.7. The predicted octanol–water partition coefficient (Wildman–Crippen LogP) is 3.28. The Morgan fingerprint density at radius 2 is 1.85 bits per heavy atom. The van der Waals surface area contributed by atoms with Gasteiger partial charge in [-0.25, -0.2) is 4.79 Å². The number of carboxylic acid groups (broad SMARTS) is 1. The van der Waals surface area contributed by atoms with Gasteiger partial charge in [0.15, 0.2) is 0 Å². The molecule has 0 amide bonds. The van der Waals surface area contributed by atoms with Crippen molar-refractivity contribution in [1.29, 1.82) is 0 Å². The minimum Gasteiger partial charge on any atom is -0.478 e. The van der Waals surface area contributed by atoms with Crippen molar-refractivity contribution in [1.82, 2.24) is 4.57 Å². The van der Waals surface area contributed by atoms with Crippen LogP contribution >= 0.6 is 11.6 Å². The van der Waals surface area contributed by atoms with E-state index in [0.29, 0.717) is 12.0 Å². The van der Waals surface area contributed by atoms with Gasteiger partial charge in [0.2, 0.25) is 5.78 Å². The lowest BCUT2D eigenvalue weighted by molar-refractivity contribution is -0.142. The summed E-state index contributed by atoms with van der Waals surface area (Å²) in [6, 6.07) is 6.58. The molecule has 0 bridgehead atoms. The van der Waals surface area contributed by atoms with Gasteiger partial charge in [-0.2, -0.15) is 0 Å². The lowest BCUT2D eigenvalue weighted by Gasteiger charge is -2.09. The van der Waals surface area contributed by atoms with E-state index in [1.807, 2.05) is 0 Å². The number of nitrogens with zero attached hydrogens (tertiary/aromatic N) is 1. The predicted molar refractivity (Wildman–Crippen MR) is 97.0 cm³/mol. The highest BCUT2D eigenvalue weighted by Gasteiger charge is 2.30. The summed E-state index contributed by atoms with van der Waals surface area (Å²) >= 11 is 6.13. The van der Waals surface area contributed by atoms with Gasteiger partial charge < -0.3 is 14.4 Å². The van der Waals surface area contributed by atoms with Crippen LogP contribution in [0.15, 0.2) is 24.3 Å². The molecule has 0 saturated heterocycles. The fraction of sp³-hybridized carbons (Fsp3) is 0.316. The molecule has 1 aromatic heterocycles. The van der Waals surface area contributed by atoms with Crippen LogP contribution in [0.4, 0.5) is 0 Å². The number of hydrogen-bond donors (Lipinski definition) is 1. The second-order valence-electron chi connectivity index (χ2n) is 5.66. The van der Waals surface area contributed by atoms with Crippen molar-refractivity contribution in [3.63, 3.8) is 0 Å². The number of benzene rings is 1. The number of halogens is 1. The summed E-state index contributed by atoms with van der Waals surface area (Å²) in [7, 11) is 1.57.